The van der Waals surface area contributed by atoms with E-state index in [4.69, 9.17) is 9.47 Å². The third-order valence-corrected chi connectivity index (χ3v) is 5.01. The number of nitrogens with zero attached hydrogens (tertiary/aromatic N) is 1. The van der Waals surface area contributed by atoms with Crippen LogP contribution in [-0.4, -0.2) is 54.8 Å². The molecule has 1 aliphatic heterocycles. The van der Waals surface area contributed by atoms with Crippen molar-refractivity contribution in [2.75, 3.05) is 26.9 Å². The van der Waals surface area contributed by atoms with E-state index >= 15 is 0 Å². The highest BCUT2D eigenvalue weighted by Gasteiger charge is 2.40. The molecule has 1 saturated carbocycles. The second kappa shape index (κ2) is 6.84. The molecule has 1 amide bonds. The zero-order chi connectivity index (χ0) is 16.4. The van der Waals surface area contributed by atoms with Crippen molar-refractivity contribution >= 4 is 5.91 Å². The Hall–Kier alpha value is -1.66. The molecule has 0 radical (unpaired) electrons. The minimum Gasteiger partial charge on any atom is -0.381 e. The van der Waals surface area contributed by atoms with Crippen LogP contribution in [0.4, 0.5) is 0 Å². The molecular weight excluding hydrogens is 296 g/mol. The fourth-order valence-corrected chi connectivity index (χ4v) is 3.81. The Morgan fingerprint density at radius 2 is 2.22 bits per heavy atom. The maximum atomic E-state index is 12.9. The molecule has 2 fully saturated rings. The van der Waals surface area contributed by atoms with E-state index in [0.717, 1.165) is 25.0 Å². The number of aromatic amines is 1. The normalized spacial score (nSPS) is 28.1. The van der Waals surface area contributed by atoms with E-state index in [-0.39, 0.29) is 35.1 Å². The van der Waals surface area contributed by atoms with Gasteiger partial charge in [0, 0.05) is 25.3 Å². The maximum absolute atomic E-state index is 12.9. The highest BCUT2D eigenvalue weighted by Crippen LogP contribution is 2.34. The monoisotopic (exact) mass is 320 g/mol. The molecule has 6 heteroatoms. The van der Waals surface area contributed by atoms with Crippen molar-refractivity contribution in [2.24, 2.45) is 5.92 Å². The van der Waals surface area contributed by atoms with Crippen LogP contribution in [0.15, 0.2) is 16.9 Å². The fraction of sp³-hybridized carbons (Fsp3) is 0.647. The predicted octanol–water partition coefficient (Wildman–Crippen LogP) is 1.34. The van der Waals surface area contributed by atoms with E-state index in [1.807, 2.05) is 4.90 Å². The molecule has 3 unspecified atom stereocenters. The third-order valence-electron chi connectivity index (χ3n) is 5.01. The summed E-state index contributed by atoms with van der Waals surface area (Å²) >= 11 is 0. The quantitative estimate of drug-likeness (QED) is 0.912. The van der Waals surface area contributed by atoms with Crippen molar-refractivity contribution in [2.45, 2.75) is 38.3 Å². The maximum Gasteiger partial charge on any atom is 0.260 e. The molecule has 2 aliphatic rings. The van der Waals surface area contributed by atoms with Gasteiger partial charge in [0.2, 0.25) is 0 Å². The molecule has 0 aromatic carbocycles. The van der Waals surface area contributed by atoms with Gasteiger partial charge in [-0.15, -0.1) is 0 Å². The van der Waals surface area contributed by atoms with E-state index < -0.39 is 0 Å². The molecule has 23 heavy (non-hydrogen) atoms. The molecule has 1 aromatic rings. The third kappa shape index (κ3) is 3.19. The van der Waals surface area contributed by atoms with Crippen molar-refractivity contribution < 1.29 is 14.3 Å². The SMILES string of the molecule is COC1CCCC1C1COCCN1C(=O)c1ccc(C)[nH]c1=O. The Labute approximate surface area is 135 Å². The highest BCUT2D eigenvalue weighted by molar-refractivity contribution is 5.94. The number of hydrogen-bond donors (Lipinski definition) is 1. The van der Waals surface area contributed by atoms with Gasteiger partial charge in [0.15, 0.2) is 0 Å². The molecule has 126 valence electrons. The van der Waals surface area contributed by atoms with E-state index in [9.17, 15) is 9.59 Å². The molecule has 3 atom stereocenters. The van der Waals surface area contributed by atoms with Crippen molar-refractivity contribution in [1.29, 1.82) is 0 Å². The standard InChI is InChI=1S/C17H24N2O4/c1-11-6-7-13(16(20)18-11)17(21)19-8-9-23-10-14(19)12-4-3-5-15(12)22-2/h6-7,12,14-15H,3-5,8-10H2,1-2H3,(H,18,20). The predicted molar refractivity (Wildman–Crippen MR) is 85.6 cm³/mol. The number of nitrogens with one attached hydrogen (secondary N) is 1. The van der Waals surface area contributed by atoms with Gasteiger partial charge in [0.05, 0.1) is 25.4 Å². The fourth-order valence-electron chi connectivity index (χ4n) is 3.81. The van der Waals surface area contributed by atoms with E-state index in [1.54, 1.807) is 26.2 Å². The van der Waals surface area contributed by atoms with Gasteiger partial charge < -0.3 is 19.4 Å². The molecule has 3 rings (SSSR count). The average Bonchev–Trinajstić information content (AvgIpc) is 3.03. The van der Waals surface area contributed by atoms with E-state index in [1.165, 1.54) is 0 Å². The summed E-state index contributed by atoms with van der Waals surface area (Å²) < 4.78 is 11.2. The Morgan fingerprint density at radius 3 is 2.96 bits per heavy atom. The zero-order valence-corrected chi connectivity index (χ0v) is 13.7. The Morgan fingerprint density at radius 1 is 1.39 bits per heavy atom. The van der Waals surface area contributed by atoms with Crippen LogP contribution < -0.4 is 5.56 Å². The number of rotatable bonds is 3. The zero-order valence-electron chi connectivity index (χ0n) is 13.7. The number of aromatic nitrogens is 1. The van der Waals surface area contributed by atoms with Crippen LogP contribution in [0.25, 0.3) is 0 Å². The first-order chi connectivity index (χ1) is 11.1. The van der Waals surface area contributed by atoms with Gasteiger partial charge in [-0.1, -0.05) is 6.42 Å². The molecule has 1 N–H and O–H groups in total. The summed E-state index contributed by atoms with van der Waals surface area (Å²) in [6, 6.07) is 3.35. The lowest BCUT2D eigenvalue weighted by Crippen LogP contribution is -2.54. The number of aryl methyl sites for hydroxylation is 1. The minimum absolute atomic E-state index is 0.0237. The van der Waals surface area contributed by atoms with Crippen molar-refractivity contribution in [3.05, 3.63) is 33.7 Å². The molecule has 1 saturated heterocycles. The summed E-state index contributed by atoms with van der Waals surface area (Å²) in [6.45, 7) is 3.34. The number of carbonyl (C=O) groups is 1. The first-order valence-electron chi connectivity index (χ1n) is 8.23. The van der Waals surface area contributed by atoms with E-state index in [2.05, 4.69) is 4.98 Å². The van der Waals surface area contributed by atoms with Gasteiger partial charge in [-0.05, 0) is 31.9 Å². The van der Waals surface area contributed by atoms with Crippen molar-refractivity contribution in [3.63, 3.8) is 0 Å². The molecular formula is C17H24N2O4. The average molecular weight is 320 g/mol. The van der Waals surface area contributed by atoms with Gasteiger partial charge in [0.25, 0.3) is 11.5 Å². The largest absolute Gasteiger partial charge is 0.381 e. The number of pyridine rings is 1. The molecule has 1 aromatic heterocycles. The van der Waals surface area contributed by atoms with Crippen molar-refractivity contribution in [3.8, 4) is 0 Å². The van der Waals surface area contributed by atoms with Crippen LogP contribution in [0.1, 0.15) is 35.3 Å². The molecule has 1 aliphatic carbocycles. The molecule has 0 spiro atoms. The Kier molecular flexibility index (Phi) is 4.82. The number of hydrogen-bond acceptors (Lipinski definition) is 4. The van der Waals surface area contributed by atoms with Crippen LogP contribution >= 0.6 is 0 Å². The first-order valence-corrected chi connectivity index (χ1v) is 8.23. The Balaban J connectivity index is 1.86. The number of amides is 1. The molecule has 6 nitrogen and oxygen atoms in total. The van der Waals surface area contributed by atoms with Crippen LogP contribution in [0.5, 0.6) is 0 Å². The lowest BCUT2D eigenvalue weighted by Gasteiger charge is -2.40. The van der Waals surface area contributed by atoms with Gasteiger partial charge in [-0.3, -0.25) is 9.59 Å². The lowest BCUT2D eigenvalue weighted by atomic mass is 9.93. The van der Waals surface area contributed by atoms with Crippen LogP contribution in [0.3, 0.4) is 0 Å². The van der Waals surface area contributed by atoms with Crippen LogP contribution in [0.2, 0.25) is 0 Å². The number of H-pyrrole nitrogens is 1. The van der Waals surface area contributed by atoms with Gasteiger partial charge in [-0.25, -0.2) is 0 Å². The number of morpholine rings is 1. The second-order valence-electron chi connectivity index (χ2n) is 6.39. The first kappa shape index (κ1) is 16.2. The minimum atomic E-state index is -0.324. The number of carbonyl (C=O) groups excluding carboxylic acids is 1. The highest BCUT2D eigenvalue weighted by atomic mass is 16.5. The summed E-state index contributed by atoms with van der Waals surface area (Å²) in [7, 11) is 1.73. The second-order valence-corrected chi connectivity index (χ2v) is 6.39. The van der Waals surface area contributed by atoms with Crippen molar-refractivity contribution in [1.82, 2.24) is 9.88 Å². The summed E-state index contributed by atoms with van der Waals surface area (Å²) in [4.78, 5) is 29.5. The topological polar surface area (TPSA) is 71.6 Å². The van der Waals surface area contributed by atoms with Crippen LogP contribution in [-0.2, 0) is 9.47 Å². The lowest BCUT2D eigenvalue weighted by molar-refractivity contribution is -0.0461. The van der Waals surface area contributed by atoms with Gasteiger partial charge in [0.1, 0.15) is 5.56 Å². The number of methoxy groups -OCH3 is 1. The van der Waals surface area contributed by atoms with Gasteiger partial charge in [-0.2, -0.15) is 0 Å². The molecule has 0 bridgehead atoms. The number of ether oxygens (including phenoxy) is 2. The van der Waals surface area contributed by atoms with E-state index in [0.29, 0.717) is 19.8 Å². The summed E-state index contributed by atoms with van der Waals surface area (Å²) in [5, 5.41) is 0. The summed E-state index contributed by atoms with van der Waals surface area (Å²) in [5.74, 6) is 0.0649. The summed E-state index contributed by atoms with van der Waals surface area (Å²) in [5.41, 5.74) is 0.629. The summed E-state index contributed by atoms with van der Waals surface area (Å²) in [6.07, 6.45) is 3.31. The van der Waals surface area contributed by atoms with Crippen LogP contribution in [0, 0.1) is 12.8 Å². The van der Waals surface area contributed by atoms with Gasteiger partial charge >= 0.3 is 0 Å². The molecule has 2 heterocycles. The smallest absolute Gasteiger partial charge is 0.260 e. The Bertz CT molecular complexity index is 627.